The highest BCUT2D eigenvalue weighted by molar-refractivity contribution is 7.88. The molecule has 0 unspecified atom stereocenters. The highest BCUT2D eigenvalue weighted by atomic mass is 32.2. The molecule has 0 atom stereocenters. The summed E-state index contributed by atoms with van der Waals surface area (Å²) in [6.07, 6.45) is 4.31. The van der Waals surface area contributed by atoms with Crippen LogP contribution in [0, 0.1) is 0 Å². The number of hydrogen-bond acceptors (Lipinski definition) is 3. The minimum atomic E-state index is -3.22. The van der Waals surface area contributed by atoms with Crippen molar-refractivity contribution in [1.29, 1.82) is 0 Å². The third kappa shape index (κ3) is 8.19. The highest BCUT2D eigenvalue weighted by Gasteiger charge is 2.10. The van der Waals surface area contributed by atoms with E-state index in [1.807, 2.05) is 24.3 Å². The van der Waals surface area contributed by atoms with Crippen LogP contribution in [0.3, 0.4) is 0 Å². The van der Waals surface area contributed by atoms with E-state index in [1.54, 1.807) is 0 Å². The Balaban J connectivity index is 2.40. The maximum Gasteiger partial charge on any atom is 0.215 e. The van der Waals surface area contributed by atoms with Gasteiger partial charge >= 0.3 is 0 Å². The lowest BCUT2D eigenvalue weighted by Crippen LogP contribution is -2.26. The monoisotopic (exact) mass is 312 g/mol. The molecule has 0 aromatic heterocycles. The first kappa shape index (κ1) is 18.1. The summed E-state index contributed by atoms with van der Waals surface area (Å²) >= 11 is 0. The summed E-state index contributed by atoms with van der Waals surface area (Å²) in [6, 6.07) is 7.75. The van der Waals surface area contributed by atoms with E-state index in [2.05, 4.69) is 23.9 Å². The Hall–Kier alpha value is -0.910. The fourth-order valence-electron chi connectivity index (χ4n) is 2.07. The third-order valence-electron chi connectivity index (χ3n) is 3.31. The molecule has 0 fully saturated rings. The van der Waals surface area contributed by atoms with Crippen LogP contribution in [0.15, 0.2) is 24.3 Å². The van der Waals surface area contributed by atoms with Crippen LogP contribution in [-0.2, 0) is 22.3 Å². The molecule has 0 saturated heterocycles. The maximum absolute atomic E-state index is 12.0. The molecule has 0 amide bonds. The fourth-order valence-corrected chi connectivity index (χ4v) is 3.26. The lowest BCUT2D eigenvalue weighted by molar-refractivity contribution is 0.573. The summed E-state index contributed by atoms with van der Waals surface area (Å²) in [6.45, 7) is 6.50. The van der Waals surface area contributed by atoms with Gasteiger partial charge in [-0.05, 0) is 24.1 Å². The average Bonchev–Trinajstić information content (AvgIpc) is 2.46. The molecule has 0 bridgehead atoms. The molecule has 0 radical (unpaired) electrons. The van der Waals surface area contributed by atoms with Crippen molar-refractivity contribution in [1.82, 2.24) is 10.0 Å². The first-order chi connectivity index (χ1) is 10.1. The van der Waals surface area contributed by atoms with Gasteiger partial charge in [0.1, 0.15) is 0 Å². The zero-order chi connectivity index (χ0) is 15.6. The zero-order valence-corrected chi connectivity index (χ0v) is 14.0. The quantitative estimate of drug-likeness (QED) is 0.618. The van der Waals surface area contributed by atoms with Crippen LogP contribution in [0.25, 0.3) is 0 Å². The Kier molecular flexibility index (Phi) is 8.57. The first-order valence-corrected chi connectivity index (χ1v) is 9.48. The van der Waals surface area contributed by atoms with Crippen LogP contribution in [0.4, 0.5) is 0 Å². The molecule has 5 heteroatoms. The van der Waals surface area contributed by atoms with Gasteiger partial charge in [0.05, 0.1) is 5.75 Å². The molecular weight excluding hydrogens is 284 g/mol. The second-order valence-electron chi connectivity index (χ2n) is 5.31. The van der Waals surface area contributed by atoms with Gasteiger partial charge in [-0.1, -0.05) is 57.4 Å². The molecule has 1 rings (SSSR count). The largest absolute Gasteiger partial charge is 0.313 e. The van der Waals surface area contributed by atoms with E-state index in [9.17, 15) is 8.42 Å². The lowest BCUT2D eigenvalue weighted by Gasteiger charge is -2.08. The van der Waals surface area contributed by atoms with Gasteiger partial charge in [-0.2, -0.15) is 0 Å². The Morgan fingerprint density at radius 2 is 1.62 bits per heavy atom. The lowest BCUT2D eigenvalue weighted by atomic mass is 10.1. The van der Waals surface area contributed by atoms with E-state index in [0.29, 0.717) is 6.54 Å². The third-order valence-corrected chi connectivity index (χ3v) is 4.67. The maximum atomic E-state index is 12.0. The van der Waals surface area contributed by atoms with Gasteiger partial charge in [-0.25, -0.2) is 13.1 Å². The summed E-state index contributed by atoms with van der Waals surface area (Å²) < 4.78 is 26.6. The van der Waals surface area contributed by atoms with Gasteiger partial charge in [0, 0.05) is 13.1 Å². The van der Waals surface area contributed by atoms with Gasteiger partial charge in [-0.15, -0.1) is 0 Å². The normalized spacial score (nSPS) is 11.7. The Labute approximate surface area is 129 Å². The van der Waals surface area contributed by atoms with E-state index in [4.69, 9.17) is 0 Å². The Bertz CT molecular complexity index is 484. The van der Waals surface area contributed by atoms with Crippen molar-refractivity contribution in [2.45, 2.75) is 51.8 Å². The van der Waals surface area contributed by atoms with E-state index in [1.165, 1.54) is 5.56 Å². The number of rotatable bonds is 11. The second kappa shape index (κ2) is 9.92. The molecule has 0 aliphatic rings. The van der Waals surface area contributed by atoms with Crippen LogP contribution >= 0.6 is 0 Å². The van der Waals surface area contributed by atoms with E-state index >= 15 is 0 Å². The topological polar surface area (TPSA) is 58.2 Å². The minimum absolute atomic E-state index is 0.0578. The molecule has 120 valence electrons. The van der Waals surface area contributed by atoms with Gasteiger partial charge in [0.25, 0.3) is 0 Å². The van der Waals surface area contributed by atoms with Crippen molar-refractivity contribution in [3.8, 4) is 0 Å². The molecule has 21 heavy (non-hydrogen) atoms. The summed E-state index contributed by atoms with van der Waals surface area (Å²) in [7, 11) is -3.22. The average molecular weight is 312 g/mol. The number of benzene rings is 1. The standard InChI is InChI=1S/C16H28N2O2S/c1-3-5-6-7-12-18-21(19,20)14-16-10-8-15(9-11-16)13-17-4-2/h8-11,17-18H,3-7,12-14H2,1-2H3. The van der Waals surface area contributed by atoms with Crippen LogP contribution in [0.1, 0.15) is 50.7 Å². The zero-order valence-electron chi connectivity index (χ0n) is 13.2. The molecule has 1 aromatic carbocycles. The van der Waals surface area contributed by atoms with Crippen molar-refractivity contribution in [3.05, 3.63) is 35.4 Å². The summed E-state index contributed by atoms with van der Waals surface area (Å²) in [4.78, 5) is 0. The molecule has 2 N–H and O–H groups in total. The minimum Gasteiger partial charge on any atom is -0.313 e. The predicted molar refractivity (Wildman–Crippen MR) is 88.6 cm³/mol. The van der Waals surface area contributed by atoms with Crippen LogP contribution in [-0.4, -0.2) is 21.5 Å². The molecule has 0 heterocycles. The molecule has 1 aromatic rings. The number of nitrogens with one attached hydrogen (secondary N) is 2. The number of sulfonamides is 1. The predicted octanol–water partition coefficient (Wildman–Crippen LogP) is 2.80. The highest BCUT2D eigenvalue weighted by Crippen LogP contribution is 2.08. The van der Waals surface area contributed by atoms with Crippen molar-refractivity contribution in [2.24, 2.45) is 0 Å². The molecule has 0 aliphatic heterocycles. The van der Waals surface area contributed by atoms with Crippen LogP contribution in [0.5, 0.6) is 0 Å². The van der Waals surface area contributed by atoms with Crippen molar-refractivity contribution in [2.75, 3.05) is 13.1 Å². The number of unbranched alkanes of at least 4 members (excludes halogenated alkanes) is 3. The smallest absolute Gasteiger partial charge is 0.215 e. The van der Waals surface area contributed by atoms with Gasteiger partial charge in [0.15, 0.2) is 0 Å². The van der Waals surface area contributed by atoms with Crippen LogP contribution < -0.4 is 10.0 Å². The fraction of sp³-hybridized carbons (Fsp3) is 0.625. The second-order valence-corrected chi connectivity index (χ2v) is 7.12. The van der Waals surface area contributed by atoms with Gasteiger partial charge in [-0.3, -0.25) is 0 Å². The molecular formula is C16H28N2O2S. The van der Waals surface area contributed by atoms with Gasteiger partial charge < -0.3 is 5.32 Å². The summed E-state index contributed by atoms with van der Waals surface area (Å²) in [5.41, 5.74) is 2.00. The molecule has 0 saturated carbocycles. The van der Waals surface area contributed by atoms with E-state index in [0.717, 1.165) is 44.3 Å². The molecule has 4 nitrogen and oxygen atoms in total. The Morgan fingerprint density at radius 1 is 0.952 bits per heavy atom. The molecule has 0 aliphatic carbocycles. The van der Waals surface area contributed by atoms with Crippen molar-refractivity contribution in [3.63, 3.8) is 0 Å². The summed E-state index contributed by atoms with van der Waals surface area (Å²) in [5.74, 6) is 0.0578. The van der Waals surface area contributed by atoms with Crippen LogP contribution in [0.2, 0.25) is 0 Å². The Morgan fingerprint density at radius 3 is 2.24 bits per heavy atom. The van der Waals surface area contributed by atoms with E-state index in [-0.39, 0.29) is 5.75 Å². The number of hydrogen-bond donors (Lipinski definition) is 2. The molecule has 0 spiro atoms. The SMILES string of the molecule is CCCCCCNS(=O)(=O)Cc1ccc(CNCC)cc1. The van der Waals surface area contributed by atoms with Gasteiger partial charge in [0.2, 0.25) is 10.0 Å². The first-order valence-electron chi connectivity index (χ1n) is 7.83. The van der Waals surface area contributed by atoms with Crippen molar-refractivity contribution >= 4 is 10.0 Å². The van der Waals surface area contributed by atoms with E-state index < -0.39 is 10.0 Å². The van der Waals surface area contributed by atoms with Crippen molar-refractivity contribution < 1.29 is 8.42 Å². The summed E-state index contributed by atoms with van der Waals surface area (Å²) in [5, 5.41) is 3.25.